The van der Waals surface area contributed by atoms with E-state index >= 15 is 0 Å². The number of fused-ring (bicyclic) bond motifs is 3. The Hall–Kier alpha value is -3.07. The van der Waals surface area contributed by atoms with Crippen molar-refractivity contribution in [1.82, 2.24) is 3.11 Å². The number of carbonyl (C=O) groups is 2. The van der Waals surface area contributed by atoms with Gasteiger partial charge in [-0.25, -0.2) is 12.7 Å². The first-order valence-electron chi connectivity index (χ1n) is 9.76. The van der Waals surface area contributed by atoms with Crippen LogP contribution in [0.4, 0.5) is 4.79 Å². The lowest BCUT2D eigenvalue weighted by molar-refractivity contribution is -0.140. The standard InChI is InChI=1S/C24H20INO5/c25-26(22(23(28)29)13-15-9-11-16(27)12-10-15)24(30)31-14-21-19-7-3-1-5-17(19)18-6-2-4-8-20(18)21/h1-12,21-22,27H,13-14H2,(H,28,29)/t22-/m1/s1. The van der Waals surface area contributed by atoms with Crippen LogP contribution in [0, 0.1) is 0 Å². The van der Waals surface area contributed by atoms with Gasteiger partial charge in [-0.2, -0.15) is 0 Å². The van der Waals surface area contributed by atoms with E-state index in [4.69, 9.17) is 4.74 Å². The fraction of sp³-hybridized carbons (Fsp3) is 0.167. The number of nitrogens with zero attached hydrogens (tertiary/aromatic N) is 1. The van der Waals surface area contributed by atoms with Crippen LogP contribution in [-0.2, 0) is 16.0 Å². The number of benzene rings is 3. The van der Waals surface area contributed by atoms with E-state index in [9.17, 15) is 19.8 Å². The maximum Gasteiger partial charge on any atom is 0.419 e. The molecule has 0 spiro atoms. The Balaban J connectivity index is 1.47. The molecule has 1 aliphatic rings. The fourth-order valence-electron chi connectivity index (χ4n) is 3.90. The van der Waals surface area contributed by atoms with Gasteiger partial charge in [0.05, 0.1) is 22.9 Å². The third-order valence-corrected chi connectivity index (χ3v) is 6.50. The number of aliphatic carboxylic acids is 1. The van der Waals surface area contributed by atoms with Gasteiger partial charge in [0, 0.05) is 12.3 Å². The molecule has 158 valence electrons. The van der Waals surface area contributed by atoms with Gasteiger partial charge in [0.1, 0.15) is 18.4 Å². The van der Waals surface area contributed by atoms with Crippen molar-refractivity contribution in [2.45, 2.75) is 18.4 Å². The predicted molar refractivity (Wildman–Crippen MR) is 124 cm³/mol. The largest absolute Gasteiger partial charge is 0.508 e. The number of hydrogen-bond acceptors (Lipinski definition) is 4. The minimum absolute atomic E-state index is 0.0958. The van der Waals surface area contributed by atoms with E-state index in [1.165, 1.54) is 12.1 Å². The van der Waals surface area contributed by atoms with Crippen LogP contribution in [-0.4, -0.2) is 38.0 Å². The molecule has 2 N–H and O–H groups in total. The van der Waals surface area contributed by atoms with E-state index in [0.717, 1.165) is 25.4 Å². The highest BCUT2D eigenvalue weighted by molar-refractivity contribution is 14.1. The first kappa shape index (κ1) is 21.2. The SMILES string of the molecule is O=C(O)[C@@H](Cc1ccc(O)cc1)N(I)C(=O)OCC1c2ccccc2-c2ccccc21. The van der Waals surface area contributed by atoms with Crippen molar-refractivity contribution >= 4 is 34.9 Å². The minimum Gasteiger partial charge on any atom is -0.508 e. The van der Waals surface area contributed by atoms with Gasteiger partial charge in [-0.3, -0.25) is 0 Å². The number of carbonyl (C=O) groups excluding carboxylic acids is 1. The maximum atomic E-state index is 12.7. The molecule has 6 nitrogen and oxygen atoms in total. The number of amides is 1. The number of halogens is 1. The van der Waals surface area contributed by atoms with Gasteiger partial charge in [0.15, 0.2) is 0 Å². The van der Waals surface area contributed by atoms with E-state index in [2.05, 4.69) is 12.1 Å². The van der Waals surface area contributed by atoms with Crippen LogP contribution in [0.1, 0.15) is 22.6 Å². The van der Waals surface area contributed by atoms with Crippen LogP contribution >= 0.6 is 22.9 Å². The highest BCUT2D eigenvalue weighted by Crippen LogP contribution is 2.44. The second kappa shape index (κ2) is 8.97. The quantitative estimate of drug-likeness (QED) is 0.347. The molecule has 0 radical (unpaired) electrons. The molecule has 1 amide bonds. The Morgan fingerprint density at radius 1 is 0.935 bits per heavy atom. The third kappa shape index (κ3) is 4.36. The summed E-state index contributed by atoms with van der Waals surface area (Å²) in [6, 6.07) is 21.2. The van der Waals surface area contributed by atoms with Crippen molar-refractivity contribution < 1.29 is 24.5 Å². The molecular weight excluding hydrogens is 509 g/mol. The van der Waals surface area contributed by atoms with Crippen LogP contribution in [0.2, 0.25) is 0 Å². The van der Waals surface area contributed by atoms with E-state index in [1.807, 2.05) is 36.4 Å². The number of carboxylic acids is 1. The molecule has 0 heterocycles. The molecule has 7 heteroatoms. The summed E-state index contributed by atoms with van der Waals surface area (Å²) < 4.78 is 6.65. The van der Waals surface area contributed by atoms with Crippen molar-refractivity contribution in [3.63, 3.8) is 0 Å². The normalized spacial score (nSPS) is 13.2. The minimum atomic E-state index is -1.13. The number of rotatable bonds is 6. The van der Waals surface area contributed by atoms with Gasteiger partial charge in [-0.15, -0.1) is 0 Å². The molecule has 0 unspecified atom stereocenters. The van der Waals surface area contributed by atoms with Crippen molar-refractivity contribution in [1.29, 1.82) is 0 Å². The fourth-order valence-corrected chi connectivity index (χ4v) is 4.48. The average molecular weight is 529 g/mol. The molecule has 0 saturated carbocycles. The van der Waals surface area contributed by atoms with Crippen molar-refractivity contribution in [2.24, 2.45) is 0 Å². The second-order valence-electron chi connectivity index (χ2n) is 7.34. The number of ether oxygens (including phenoxy) is 1. The van der Waals surface area contributed by atoms with Gasteiger partial charge in [-0.05, 0) is 39.9 Å². The van der Waals surface area contributed by atoms with Crippen LogP contribution in [0.15, 0.2) is 72.8 Å². The average Bonchev–Trinajstić information content (AvgIpc) is 3.10. The Kier molecular flexibility index (Phi) is 6.13. The number of phenolic OH excluding ortho intramolecular Hbond substituents is 1. The van der Waals surface area contributed by atoms with Gasteiger partial charge in [0.25, 0.3) is 0 Å². The highest BCUT2D eigenvalue weighted by atomic mass is 127. The monoisotopic (exact) mass is 529 g/mol. The Bertz CT molecular complexity index is 1070. The summed E-state index contributed by atoms with van der Waals surface area (Å²) in [6.45, 7) is 0.123. The van der Waals surface area contributed by atoms with Crippen LogP contribution < -0.4 is 0 Å². The van der Waals surface area contributed by atoms with E-state index in [-0.39, 0.29) is 24.7 Å². The van der Waals surface area contributed by atoms with Gasteiger partial charge in [-0.1, -0.05) is 60.7 Å². The van der Waals surface area contributed by atoms with Crippen LogP contribution in [0.5, 0.6) is 5.75 Å². The number of phenols is 1. The summed E-state index contributed by atoms with van der Waals surface area (Å²) in [4.78, 5) is 24.5. The van der Waals surface area contributed by atoms with E-state index in [0.29, 0.717) is 5.56 Å². The Morgan fingerprint density at radius 2 is 1.48 bits per heavy atom. The van der Waals surface area contributed by atoms with Gasteiger partial charge in [0.2, 0.25) is 0 Å². The number of carboxylic acid groups (broad SMARTS) is 1. The number of hydrogen-bond donors (Lipinski definition) is 2. The molecule has 0 bridgehead atoms. The molecule has 31 heavy (non-hydrogen) atoms. The second-order valence-corrected chi connectivity index (χ2v) is 8.38. The Labute approximate surface area is 193 Å². The molecule has 0 saturated heterocycles. The summed E-state index contributed by atoms with van der Waals surface area (Å²) in [5, 5.41) is 19.1. The first-order chi connectivity index (χ1) is 15.0. The Morgan fingerprint density at radius 3 is 2.03 bits per heavy atom. The molecular formula is C24H20INO5. The zero-order valence-corrected chi connectivity index (χ0v) is 18.6. The third-order valence-electron chi connectivity index (χ3n) is 5.43. The summed E-state index contributed by atoms with van der Waals surface area (Å²) in [5.74, 6) is -1.13. The van der Waals surface area contributed by atoms with Gasteiger partial charge >= 0.3 is 12.1 Å². The molecule has 3 aromatic carbocycles. The number of aromatic hydroxyl groups is 1. The molecule has 3 aromatic rings. The lowest BCUT2D eigenvalue weighted by atomic mass is 9.98. The highest BCUT2D eigenvalue weighted by Gasteiger charge is 2.32. The van der Waals surface area contributed by atoms with Gasteiger partial charge < -0.3 is 14.9 Å². The molecule has 4 rings (SSSR count). The van der Waals surface area contributed by atoms with E-state index in [1.54, 1.807) is 35.0 Å². The smallest absolute Gasteiger partial charge is 0.419 e. The summed E-state index contributed by atoms with van der Waals surface area (Å²) in [5.41, 5.74) is 5.13. The molecule has 0 aliphatic heterocycles. The topological polar surface area (TPSA) is 87.1 Å². The van der Waals surface area contributed by atoms with Crippen molar-refractivity contribution in [2.75, 3.05) is 6.61 Å². The summed E-state index contributed by atoms with van der Waals surface area (Å²) >= 11 is 1.69. The zero-order chi connectivity index (χ0) is 22.0. The summed E-state index contributed by atoms with van der Waals surface area (Å²) in [7, 11) is 0. The van der Waals surface area contributed by atoms with E-state index < -0.39 is 18.1 Å². The first-order valence-corrected chi connectivity index (χ1v) is 10.7. The molecule has 1 aliphatic carbocycles. The zero-order valence-electron chi connectivity index (χ0n) is 16.4. The van der Waals surface area contributed by atoms with Crippen LogP contribution in [0.25, 0.3) is 11.1 Å². The predicted octanol–water partition coefficient (Wildman–Crippen LogP) is 4.99. The van der Waals surface area contributed by atoms with Crippen molar-refractivity contribution in [3.05, 3.63) is 89.5 Å². The lowest BCUT2D eigenvalue weighted by Crippen LogP contribution is -2.40. The summed E-state index contributed by atoms with van der Waals surface area (Å²) in [6.07, 6.45) is -0.600. The molecule has 0 fully saturated rings. The van der Waals surface area contributed by atoms with Crippen LogP contribution in [0.3, 0.4) is 0 Å². The van der Waals surface area contributed by atoms with Crippen molar-refractivity contribution in [3.8, 4) is 16.9 Å². The molecule has 0 aromatic heterocycles. The lowest BCUT2D eigenvalue weighted by Gasteiger charge is -2.23. The maximum absolute atomic E-state index is 12.7. The molecule has 1 atom stereocenters.